The first-order valence-electron chi connectivity index (χ1n) is 10.2. The number of aldehydes is 1. The standard InChI is InChI=1S/C27H18N2O2/c1-29-25-22-14-8-6-12-20(22)19-11-5-7-13-21(19)24(25)28-27(29)23-15-18(16-30)26(31-23)17-9-3-2-4-10-17/h2-16H,1H3. The molecule has 2 heterocycles. The van der Waals surface area contributed by atoms with Gasteiger partial charge in [-0.25, -0.2) is 4.98 Å². The van der Waals surface area contributed by atoms with Crippen molar-refractivity contribution in [2.24, 2.45) is 7.05 Å². The summed E-state index contributed by atoms with van der Waals surface area (Å²) in [6, 6.07) is 28.2. The van der Waals surface area contributed by atoms with E-state index in [2.05, 4.69) is 41.0 Å². The molecule has 0 saturated heterocycles. The Morgan fingerprint density at radius 1 is 0.806 bits per heavy atom. The molecule has 6 aromatic rings. The van der Waals surface area contributed by atoms with E-state index in [0.717, 1.165) is 33.7 Å². The van der Waals surface area contributed by atoms with Gasteiger partial charge in [-0.05, 0) is 16.8 Å². The van der Waals surface area contributed by atoms with Crippen molar-refractivity contribution < 1.29 is 9.21 Å². The van der Waals surface area contributed by atoms with Gasteiger partial charge in [0.15, 0.2) is 17.9 Å². The average molecular weight is 402 g/mol. The van der Waals surface area contributed by atoms with E-state index in [1.54, 1.807) is 6.07 Å². The molecule has 31 heavy (non-hydrogen) atoms. The van der Waals surface area contributed by atoms with Crippen molar-refractivity contribution in [3.05, 3.63) is 90.5 Å². The third-order valence-electron chi connectivity index (χ3n) is 5.89. The van der Waals surface area contributed by atoms with Crippen LogP contribution in [0.4, 0.5) is 0 Å². The molecule has 2 aromatic heterocycles. The topological polar surface area (TPSA) is 48.0 Å². The minimum absolute atomic E-state index is 0.517. The SMILES string of the molecule is Cn1c(-c2cc(C=O)c(-c3ccccc3)o2)nc2c3ccccc3c3ccccc3c21. The van der Waals surface area contributed by atoms with Crippen LogP contribution in [-0.2, 0) is 7.05 Å². The van der Waals surface area contributed by atoms with Gasteiger partial charge in [0, 0.05) is 23.4 Å². The number of carbonyl (C=O) groups is 1. The molecule has 0 atom stereocenters. The maximum Gasteiger partial charge on any atom is 0.177 e. The van der Waals surface area contributed by atoms with Crippen molar-refractivity contribution in [1.29, 1.82) is 0 Å². The number of furan rings is 1. The smallest absolute Gasteiger partial charge is 0.177 e. The van der Waals surface area contributed by atoms with Crippen LogP contribution in [0.3, 0.4) is 0 Å². The third kappa shape index (κ3) is 2.55. The Labute approximate surface area is 178 Å². The van der Waals surface area contributed by atoms with Crippen LogP contribution in [0.2, 0.25) is 0 Å². The summed E-state index contributed by atoms with van der Waals surface area (Å²) >= 11 is 0. The summed E-state index contributed by atoms with van der Waals surface area (Å²) in [6.07, 6.45) is 0.836. The van der Waals surface area contributed by atoms with Crippen LogP contribution in [0.1, 0.15) is 10.4 Å². The second-order valence-corrected chi connectivity index (χ2v) is 7.66. The van der Waals surface area contributed by atoms with Gasteiger partial charge in [0.25, 0.3) is 0 Å². The van der Waals surface area contributed by atoms with E-state index in [0.29, 0.717) is 22.9 Å². The van der Waals surface area contributed by atoms with E-state index < -0.39 is 0 Å². The minimum atomic E-state index is 0.517. The number of aryl methyl sites for hydroxylation is 1. The van der Waals surface area contributed by atoms with E-state index in [1.807, 2.05) is 49.5 Å². The van der Waals surface area contributed by atoms with Crippen LogP contribution >= 0.6 is 0 Å². The number of hydrogen-bond acceptors (Lipinski definition) is 3. The van der Waals surface area contributed by atoms with Crippen LogP contribution in [0, 0.1) is 0 Å². The molecule has 148 valence electrons. The van der Waals surface area contributed by atoms with Gasteiger partial charge in [0.2, 0.25) is 0 Å². The average Bonchev–Trinajstić information content (AvgIpc) is 3.41. The van der Waals surface area contributed by atoms with Crippen molar-refractivity contribution in [1.82, 2.24) is 9.55 Å². The zero-order chi connectivity index (χ0) is 20.9. The molecule has 0 bridgehead atoms. The van der Waals surface area contributed by atoms with E-state index >= 15 is 0 Å². The second-order valence-electron chi connectivity index (χ2n) is 7.66. The molecule has 0 fully saturated rings. The van der Waals surface area contributed by atoms with Crippen molar-refractivity contribution in [2.45, 2.75) is 0 Å². The van der Waals surface area contributed by atoms with E-state index in [4.69, 9.17) is 9.40 Å². The molecule has 0 radical (unpaired) electrons. The lowest BCUT2D eigenvalue weighted by atomic mass is 10.00. The van der Waals surface area contributed by atoms with Crippen LogP contribution < -0.4 is 0 Å². The summed E-state index contributed by atoms with van der Waals surface area (Å²) < 4.78 is 8.26. The van der Waals surface area contributed by atoms with E-state index in [9.17, 15) is 4.79 Å². The zero-order valence-electron chi connectivity index (χ0n) is 16.9. The molecule has 0 aliphatic heterocycles. The highest BCUT2D eigenvalue weighted by atomic mass is 16.3. The molecule has 4 nitrogen and oxygen atoms in total. The van der Waals surface area contributed by atoms with Crippen LogP contribution in [-0.4, -0.2) is 15.8 Å². The molecular formula is C27H18N2O2. The normalized spacial score (nSPS) is 11.5. The van der Waals surface area contributed by atoms with Gasteiger partial charge < -0.3 is 8.98 Å². The van der Waals surface area contributed by atoms with E-state index in [1.165, 1.54) is 10.8 Å². The van der Waals surface area contributed by atoms with Crippen LogP contribution in [0.25, 0.3) is 55.5 Å². The van der Waals surface area contributed by atoms with Gasteiger partial charge in [-0.2, -0.15) is 0 Å². The van der Waals surface area contributed by atoms with E-state index in [-0.39, 0.29) is 0 Å². The third-order valence-corrected chi connectivity index (χ3v) is 5.89. The summed E-state index contributed by atoms with van der Waals surface area (Å²) in [4.78, 5) is 16.8. The van der Waals surface area contributed by atoms with Crippen molar-refractivity contribution in [3.8, 4) is 22.9 Å². The summed E-state index contributed by atoms with van der Waals surface area (Å²) in [7, 11) is 2.00. The number of hydrogen-bond donors (Lipinski definition) is 0. The summed E-state index contributed by atoms with van der Waals surface area (Å²) in [5.41, 5.74) is 3.36. The number of carbonyl (C=O) groups excluding carboxylic acids is 1. The summed E-state index contributed by atoms with van der Waals surface area (Å²) in [5.74, 6) is 1.84. The summed E-state index contributed by atoms with van der Waals surface area (Å²) in [5, 5.41) is 4.61. The fourth-order valence-corrected chi connectivity index (χ4v) is 4.48. The molecule has 4 heteroatoms. The Morgan fingerprint density at radius 3 is 2.13 bits per heavy atom. The van der Waals surface area contributed by atoms with Gasteiger partial charge in [-0.1, -0.05) is 78.9 Å². The fourth-order valence-electron chi connectivity index (χ4n) is 4.48. The molecule has 0 amide bonds. The lowest BCUT2D eigenvalue weighted by Crippen LogP contribution is -1.92. The summed E-state index contributed by atoms with van der Waals surface area (Å²) in [6.45, 7) is 0. The van der Waals surface area contributed by atoms with Gasteiger partial charge in [-0.15, -0.1) is 0 Å². The first kappa shape index (κ1) is 17.7. The Balaban J connectivity index is 1.68. The maximum atomic E-state index is 11.8. The number of benzene rings is 4. The maximum absolute atomic E-state index is 11.8. The number of fused-ring (bicyclic) bond motifs is 6. The lowest BCUT2D eigenvalue weighted by Gasteiger charge is -2.07. The lowest BCUT2D eigenvalue weighted by molar-refractivity contribution is 0.112. The Morgan fingerprint density at radius 2 is 1.42 bits per heavy atom. The molecule has 0 aliphatic carbocycles. The van der Waals surface area contributed by atoms with Gasteiger partial charge in [0.1, 0.15) is 5.76 Å². The highest BCUT2D eigenvalue weighted by Crippen LogP contribution is 2.38. The quantitative estimate of drug-likeness (QED) is 0.247. The Hall–Kier alpha value is -4.18. The van der Waals surface area contributed by atoms with Crippen molar-refractivity contribution in [2.75, 3.05) is 0 Å². The Kier molecular flexibility index (Phi) is 3.80. The number of nitrogens with zero attached hydrogens (tertiary/aromatic N) is 2. The zero-order valence-corrected chi connectivity index (χ0v) is 16.9. The van der Waals surface area contributed by atoms with Crippen LogP contribution in [0.15, 0.2) is 89.3 Å². The molecule has 4 aromatic carbocycles. The highest BCUT2D eigenvalue weighted by Gasteiger charge is 2.21. The molecular weight excluding hydrogens is 384 g/mol. The fraction of sp³-hybridized carbons (Fsp3) is 0.0370. The largest absolute Gasteiger partial charge is 0.452 e. The molecule has 0 N–H and O–H groups in total. The van der Waals surface area contributed by atoms with Crippen LogP contribution in [0.5, 0.6) is 0 Å². The number of imidazole rings is 1. The molecule has 0 spiro atoms. The minimum Gasteiger partial charge on any atom is -0.452 e. The first-order valence-corrected chi connectivity index (χ1v) is 10.2. The van der Waals surface area contributed by atoms with Gasteiger partial charge >= 0.3 is 0 Å². The van der Waals surface area contributed by atoms with Gasteiger partial charge in [-0.3, -0.25) is 4.79 Å². The number of rotatable bonds is 3. The molecule has 0 aliphatic rings. The molecule has 6 rings (SSSR count). The van der Waals surface area contributed by atoms with Crippen molar-refractivity contribution in [3.63, 3.8) is 0 Å². The second kappa shape index (κ2) is 6.67. The number of aromatic nitrogens is 2. The monoisotopic (exact) mass is 402 g/mol. The Bertz CT molecular complexity index is 1610. The van der Waals surface area contributed by atoms with Gasteiger partial charge in [0.05, 0.1) is 16.6 Å². The molecule has 0 saturated carbocycles. The molecule has 0 unspecified atom stereocenters. The first-order chi connectivity index (χ1) is 15.3. The van der Waals surface area contributed by atoms with Crippen molar-refractivity contribution >= 4 is 38.9 Å². The predicted molar refractivity (Wildman–Crippen MR) is 124 cm³/mol. The highest BCUT2D eigenvalue weighted by molar-refractivity contribution is 6.23. The predicted octanol–water partition coefficient (Wildman–Crippen LogP) is 6.62.